The molecule has 0 spiro atoms. The first-order valence-corrected chi connectivity index (χ1v) is 5.68. The minimum Gasteiger partial charge on any atom is -0.466 e. The summed E-state index contributed by atoms with van der Waals surface area (Å²) in [6.45, 7) is 7.02. The molecule has 0 saturated carbocycles. The maximum absolute atomic E-state index is 11.6. The second-order valence-electron chi connectivity index (χ2n) is 3.82. The monoisotopic (exact) mass is 229 g/mol. The molecule has 1 aliphatic rings. The summed E-state index contributed by atoms with van der Waals surface area (Å²) in [5.41, 5.74) is 0. The molecular weight excluding hydrogens is 210 g/mol. The highest BCUT2D eigenvalue weighted by Crippen LogP contribution is 2.23. The van der Waals surface area contributed by atoms with Gasteiger partial charge in [-0.05, 0) is 20.8 Å². The van der Waals surface area contributed by atoms with Gasteiger partial charge in [0.05, 0.1) is 19.6 Å². The summed E-state index contributed by atoms with van der Waals surface area (Å²) in [6.07, 6.45) is 0.0804. The zero-order valence-electron chi connectivity index (χ0n) is 10.1. The molecule has 1 rings (SSSR count). The molecule has 3 unspecified atom stereocenters. The lowest BCUT2D eigenvalue weighted by atomic mass is 10.2. The zero-order valence-corrected chi connectivity index (χ0v) is 10.1. The zero-order chi connectivity index (χ0) is 12.1. The molecule has 1 aliphatic heterocycles. The first-order valence-electron chi connectivity index (χ1n) is 5.68. The van der Waals surface area contributed by atoms with Gasteiger partial charge in [0.1, 0.15) is 6.04 Å². The predicted molar refractivity (Wildman–Crippen MR) is 57.8 cm³/mol. The third-order valence-corrected chi connectivity index (χ3v) is 2.53. The molecule has 1 heterocycles. The molecule has 0 aliphatic carbocycles. The van der Waals surface area contributed by atoms with Crippen molar-refractivity contribution in [2.75, 3.05) is 19.8 Å². The van der Waals surface area contributed by atoms with E-state index < -0.39 is 6.04 Å². The SMILES string of the molecule is CCOC(=O)CC(C(=O)OCC)N1CC1C. The van der Waals surface area contributed by atoms with Crippen LogP contribution in [0.15, 0.2) is 0 Å². The topological polar surface area (TPSA) is 55.6 Å². The Morgan fingerprint density at radius 2 is 1.88 bits per heavy atom. The van der Waals surface area contributed by atoms with Crippen LogP contribution in [0.1, 0.15) is 27.2 Å². The van der Waals surface area contributed by atoms with Crippen LogP contribution in [0.2, 0.25) is 0 Å². The standard InChI is InChI=1S/C11H19NO4/c1-4-15-10(13)6-9(11(14)16-5-2)12-7-8(12)3/h8-9H,4-7H2,1-3H3. The first kappa shape index (κ1) is 13.0. The highest BCUT2D eigenvalue weighted by Gasteiger charge is 2.42. The quantitative estimate of drug-likeness (QED) is 0.492. The Bertz CT molecular complexity index is 267. The fraction of sp³-hybridized carbons (Fsp3) is 0.818. The van der Waals surface area contributed by atoms with E-state index in [0.717, 1.165) is 6.54 Å². The molecule has 0 aromatic heterocycles. The van der Waals surface area contributed by atoms with Crippen molar-refractivity contribution in [3.63, 3.8) is 0 Å². The van der Waals surface area contributed by atoms with Gasteiger partial charge >= 0.3 is 11.9 Å². The fourth-order valence-electron chi connectivity index (χ4n) is 1.64. The lowest BCUT2D eigenvalue weighted by Crippen LogP contribution is -2.34. The van der Waals surface area contributed by atoms with Gasteiger partial charge in [-0.25, -0.2) is 0 Å². The lowest BCUT2D eigenvalue weighted by Gasteiger charge is -2.16. The van der Waals surface area contributed by atoms with Gasteiger partial charge in [-0.3, -0.25) is 14.5 Å². The molecule has 5 heteroatoms. The summed E-state index contributed by atoms with van der Waals surface area (Å²) in [4.78, 5) is 24.9. The van der Waals surface area contributed by atoms with Crippen molar-refractivity contribution in [1.29, 1.82) is 0 Å². The van der Waals surface area contributed by atoms with Crippen molar-refractivity contribution in [3.05, 3.63) is 0 Å². The molecule has 16 heavy (non-hydrogen) atoms. The molecule has 0 bridgehead atoms. The van der Waals surface area contributed by atoms with Gasteiger partial charge < -0.3 is 9.47 Å². The minimum absolute atomic E-state index is 0.0804. The maximum atomic E-state index is 11.6. The van der Waals surface area contributed by atoms with Gasteiger partial charge in [0, 0.05) is 12.6 Å². The highest BCUT2D eigenvalue weighted by molar-refractivity contribution is 5.83. The van der Waals surface area contributed by atoms with Crippen LogP contribution in [-0.2, 0) is 19.1 Å². The molecule has 5 nitrogen and oxygen atoms in total. The van der Waals surface area contributed by atoms with Crippen LogP contribution in [-0.4, -0.2) is 48.7 Å². The summed E-state index contributed by atoms with van der Waals surface area (Å²) in [5, 5.41) is 0. The Kier molecular flexibility index (Phi) is 4.73. The van der Waals surface area contributed by atoms with E-state index in [2.05, 4.69) is 0 Å². The molecule has 0 aromatic carbocycles. The second kappa shape index (κ2) is 5.84. The number of ether oxygens (including phenoxy) is 2. The van der Waals surface area contributed by atoms with Gasteiger partial charge in [0.2, 0.25) is 0 Å². The van der Waals surface area contributed by atoms with E-state index >= 15 is 0 Å². The van der Waals surface area contributed by atoms with Crippen LogP contribution in [0.4, 0.5) is 0 Å². The van der Waals surface area contributed by atoms with E-state index in [1.54, 1.807) is 13.8 Å². The van der Waals surface area contributed by atoms with Gasteiger partial charge in [-0.2, -0.15) is 0 Å². The molecule has 0 N–H and O–H groups in total. The normalized spacial score (nSPS) is 24.7. The molecule has 1 saturated heterocycles. The highest BCUT2D eigenvalue weighted by atomic mass is 16.5. The van der Waals surface area contributed by atoms with Crippen molar-refractivity contribution in [2.24, 2.45) is 0 Å². The second-order valence-corrected chi connectivity index (χ2v) is 3.82. The lowest BCUT2D eigenvalue weighted by molar-refractivity contribution is -0.154. The molecule has 0 amide bonds. The number of nitrogens with zero attached hydrogens (tertiary/aromatic N) is 1. The van der Waals surface area contributed by atoms with Crippen molar-refractivity contribution < 1.29 is 19.1 Å². The number of rotatable bonds is 6. The smallest absolute Gasteiger partial charge is 0.323 e. The Morgan fingerprint density at radius 3 is 2.31 bits per heavy atom. The van der Waals surface area contributed by atoms with Crippen LogP contribution in [0.25, 0.3) is 0 Å². The molecule has 3 atom stereocenters. The van der Waals surface area contributed by atoms with Gasteiger partial charge in [-0.15, -0.1) is 0 Å². The molecule has 1 fully saturated rings. The van der Waals surface area contributed by atoms with Crippen LogP contribution in [0.5, 0.6) is 0 Å². The van der Waals surface area contributed by atoms with Crippen molar-refractivity contribution >= 4 is 11.9 Å². The summed E-state index contributed by atoms with van der Waals surface area (Å²) >= 11 is 0. The Hall–Kier alpha value is -1.10. The summed E-state index contributed by atoms with van der Waals surface area (Å²) in [6, 6.07) is -0.127. The average molecular weight is 229 g/mol. The van der Waals surface area contributed by atoms with Crippen molar-refractivity contribution in [3.8, 4) is 0 Å². The molecule has 0 radical (unpaired) electrons. The summed E-state index contributed by atoms with van der Waals surface area (Å²) in [5.74, 6) is -0.681. The van der Waals surface area contributed by atoms with Crippen LogP contribution in [0.3, 0.4) is 0 Å². The van der Waals surface area contributed by atoms with E-state index in [9.17, 15) is 9.59 Å². The summed E-state index contributed by atoms with van der Waals surface area (Å²) in [7, 11) is 0. The van der Waals surface area contributed by atoms with Crippen molar-refractivity contribution in [2.45, 2.75) is 39.3 Å². The Morgan fingerprint density at radius 1 is 1.31 bits per heavy atom. The Balaban J connectivity index is 2.51. The molecular formula is C11H19NO4. The molecule has 0 aromatic rings. The van der Waals surface area contributed by atoms with Crippen LogP contribution in [0, 0.1) is 0 Å². The minimum atomic E-state index is -0.478. The number of esters is 2. The molecule has 92 valence electrons. The predicted octanol–water partition coefficient (Wildman–Crippen LogP) is 0.575. The van der Waals surface area contributed by atoms with E-state index in [1.807, 2.05) is 11.8 Å². The maximum Gasteiger partial charge on any atom is 0.323 e. The van der Waals surface area contributed by atoms with Gasteiger partial charge in [0.25, 0.3) is 0 Å². The van der Waals surface area contributed by atoms with E-state index in [1.165, 1.54) is 0 Å². The van der Waals surface area contributed by atoms with Crippen molar-refractivity contribution in [1.82, 2.24) is 4.90 Å². The average Bonchev–Trinajstić information content (AvgIpc) is 2.92. The van der Waals surface area contributed by atoms with E-state index in [0.29, 0.717) is 19.3 Å². The third kappa shape index (κ3) is 3.48. The summed E-state index contributed by atoms with van der Waals surface area (Å²) < 4.78 is 9.78. The number of hydrogen-bond acceptors (Lipinski definition) is 5. The van der Waals surface area contributed by atoms with Crippen LogP contribution >= 0.6 is 0 Å². The first-order chi connectivity index (χ1) is 7.60. The van der Waals surface area contributed by atoms with E-state index in [-0.39, 0.29) is 18.4 Å². The number of hydrogen-bond donors (Lipinski definition) is 0. The Labute approximate surface area is 95.7 Å². The van der Waals surface area contributed by atoms with Gasteiger partial charge in [0.15, 0.2) is 0 Å². The van der Waals surface area contributed by atoms with E-state index in [4.69, 9.17) is 9.47 Å². The number of carbonyl (C=O) groups excluding carboxylic acids is 2. The van der Waals surface area contributed by atoms with Gasteiger partial charge in [-0.1, -0.05) is 0 Å². The fourth-order valence-corrected chi connectivity index (χ4v) is 1.64. The largest absolute Gasteiger partial charge is 0.466 e. The van der Waals surface area contributed by atoms with Crippen LogP contribution < -0.4 is 0 Å². The third-order valence-electron chi connectivity index (χ3n) is 2.53. The number of carbonyl (C=O) groups is 2.